The Morgan fingerprint density at radius 2 is 2.04 bits per heavy atom. The highest BCUT2D eigenvalue weighted by atomic mass is 19.1. The molecule has 0 bridgehead atoms. The molecule has 1 aliphatic carbocycles. The van der Waals surface area contributed by atoms with Gasteiger partial charge in [-0.05, 0) is 56.0 Å². The zero-order valence-corrected chi connectivity index (χ0v) is 12.8. The van der Waals surface area contributed by atoms with Gasteiger partial charge in [0.1, 0.15) is 11.5 Å². The van der Waals surface area contributed by atoms with Crippen LogP contribution in [0.15, 0.2) is 30.3 Å². The molecule has 1 heterocycles. The van der Waals surface area contributed by atoms with Gasteiger partial charge < -0.3 is 10.0 Å². The van der Waals surface area contributed by atoms with E-state index in [9.17, 15) is 9.18 Å². The van der Waals surface area contributed by atoms with E-state index in [0.29, 0.717) is 30.4 Å². The van der Waals surface area contributed by atoms with Crippen molar-refractivity contribution < 1.29 is 14.3 Å². The molecule has 5 nitrogen and oxygen atoms in total. The molecule has 0 spiro atoms. The fraction of sp³-hybridized carbons (Fsp3) is 0.412. The number of hydrogen-bond donors (Lipinski definition) is 2. The normalized spacial score (nSPS) is 14.0. The topological polar surface area (TPSA) is 69.2 Å². The number of nitrogens with one attached hydrogen (secondary N) is 1. The Hall–Kier alpha value is -2.21. The van der Waals surface area contributed by atoms with Crippen LogP contribution in [0.1, 0.15) is 36.2 Å². The number of nitrogens with zero attached hydrogens (tertiary/aromatic N) is 2. The van der Waals surface area contributed by atoms with Gasteiger partial charge >= 0.3 is 0 Å². The largest absolute Gasteiger partial charge is 0.396 e. The second-order valence-electron chi connectivity index (χ2n) is 5.83. The number of amides is 1. The van der Waals surface area contributed by atoms with Crippen LogP contribution in [-0.4, -0.2) is 45.3 Å². The molecule has 2 aromatic rings. The number of carbonyl (C=O) groups excluding carboxylic acids is 1. The lowest BCUT2D eigenvalue weighted by atomic mass is 10.1. The van der Waals surface area contributed by atoms with Crippen molar-refractivity contribution in [2.45, 2.75) is 31.7 Å². The zero-order valence-electron chi connectivity index (χ0n) is 12.8. The van der Waals surface area contributed by atoms with Crippen LogP contribution < -0.4 is 0 Å². The highest BCUT2D eigenvalue weighted by Gasteiger charge is 2.33. The van der Waals surface area contributed by atoms with Gasteiger partial charge in [-0.15, -0.1) is 0 Å². The molecule has 122 valence electrons. The van der Waals surface area contributed by atoms with Crippen LogP contribution in [0.4, 0.5) is 4.39 Å². The lowest BCUT2D eigenvalue weighted by Gasteiger charge is -2.21. The number of aliphatic hydroxyl groups excluding tert-OH is 1. The maximum absolute atomic E-state index is 13.0. The summed E-state index contributed by atoms with van der Waals surface area (Å²) in [5.41, 5.74) is 1.83. The maximum atomic E-state index is 13.0. The Kier molecular flexibility index (Phi) is 4.71. The fourth-order valence-corrected chi connectivity index (χ4v) is 2.58. The summed E-state index contributed by atoms with van der Waals surface area (Å²) in [5.74, 6) is -0.365. The predicted octanol–water partition coefficient (Wildman–Crippen LogP) is 2.59. The quantitative estimate of drug-likeness (QED) is 0.771. The Labute approximate surface area is 134 Å². The summed E-state index contributed by atoms with van der Waals surface area (Å²) in [5, 5.41) is 15.8. The van der Waals surface area contributed by atoms with E-state index in [-0.39, 0.29) is 18.3 Å². The van der Waals surface area contributed by atoms with Crippen molar-refractivity contribution in [2.75, 3.05) is 13.2 Å². The summed E-state index contributed by atoms with van der Waals surface area (Å²) < 4.78 is 13.0. The van der Waals surface area contributed by atoms with E-state index in [4.69, 9.17) is 5.11 Å². The SMILES string of the molecule is O=C(c1cc(-c2ccc(F)cc2)n[nH]1)N(CCCCO)C1CC1. The summed E-state index contributed by atoms with van der Waals surface area (Å²) in [6.45, 7) is 0.792. The number of rotatable bonds is 7. The lowest BCUT2D eigenvalue weighted by molar-refractivity contribution is 0.0731. The van der Waals surface area contributed by atoms with Gasteiger partial charge in [-0.25, -0.2) is 4.39 Å². The van der Waals surface area contributed by atoms with Gasteiger partial charge in [0, 0.05) is 24.8 Å². The molecule has 0 aliphatic heterocycles. The van der Waals surface area contributed by atoms with Crippen LogP contribution in [0.25, 0.3) is 11.3 Å². The molecule has 2 N–H and O–H groups in total. The fourth-order valence-electron chi connectivity index (χ4n) is 2.58. The average molecular weight is 317 g/mol. The van der Waals surface area contributed by atoms with Gasteiger partial charge in [0.15, 0.2) is 0 Å². The minimum atomic E-state index is -0.302. The summed E-state index contributed by atoms with van der Waals surface area (Å²) in [6, 6.07) is 8.03. The Balaban J connectivity index is 1.72. The van der Waals surface area contributed by atoms with E-state index in [2.05, 4.69) is 10.2 Å². The molecule has 1 aromatic carbocycles. The van der Waals surface area contributed by atoms with Crippen molar-refractivity contribution in [3.63, 3.8) is 0 Å². The number of unbranched alkanes of at least 4 members (excludes halogenated alkanes) is 1. The summed E-state index contributed by atoms with van der Waals surface area (Å²) in [4.78, 5) is 14.5. The van der Waals surface area contributed by atoms with E-state index >= 15 is 0 Å². The molecule has 1 fully saturated rings. The summed E-state index contributed by atoms with van der Waals surface area (Å²) in [6.07, 6.45) is 3.55. The number of aromatic amines is 1. The molecule has 1 saturated carbocycles. The number of aromatic nitrogens is 2. The van der Waals surface area contributed by atoms with Gasteiger partial charge in [0.25, 0.3) is 5.91 Å². The van der Waals surface area contributed by atoms with Gasteiger partial charge in [0.05, 0.1) is 5.69 Å². The molecule has 0 radical (unpaired) electrons. The van der Waals surface area contributed by atoms with E-state index in [0.717, 1.165) is 24.8 Å². The van der Waals surface area contributed by atoms with Crippen molar-refractivity contribution >= 4 is 5.91 Å². The van der Waals surface area contributed by atoms with Crippen molar-refractivity contribution in [3.05, 3.63) is 41.8 Å². The monoisotopic (exact) mass is 317 g/mol. The minimum absolute atomic E-state index is 0.0636. The lowest BCUT2D eigenvalue weighted by Crippen LogP contribution is -2.34. The molecule has 1 aromatic heterocycles. The Morgan fingerprint density at radius 1 is 1.30 bits per heavy atom. The number of H-pyrrole nitrogens is 1. The first kappa shape index (κ1) is 15.7. The van der Waals surface area contributed by atoms with Crippen molar-refractivity contribution in [3.8, 4) is 11.3 Å². The molecule has 23 heavy (non-hydrogen) atoms. The highest BCUT2D eigenvalue weighted by Crippen LogP contribution is 2.29. The van der Waals surface area contributed by atoms with E-state index in [1.54, 1.807) is 18.2 Å². The standard InChI is InChI=1S/C17H20FN3O2/c18-13-5-3-12(4-6-13)15-11-16(20-19-15)17(23)21(14-7-8-14)9-1-2-10-22/h3-6,11,14,22H,1-2,7-10H2,(H,19,20). The van der Waals surface area contributed by atoms with Crippen LogP contribution in [0.2, 0.25) is 0 Å². The molecule has 1 amide bonds. The van der Waals surface area contributed by atoms with Gasteiger partial charge in [0.2, 0.25) is 0 Å². The number of carbonyl (C=O) groups is 1. The zero-order chi connectivity index (χ0) is 16.2. The average Bonchev–Trinajstić information content (AvgIpc) is 3.27. The second kappa shape index (κ2) is 6.91. The molecular formula is C17H20FN3O2. The van der Waals surface area contributed by atoms with Crippen LogP contribution in [0.5, 0.6) is 0 Å². The third kappa shape index (κ3) is 3.76. The van der Waals surface area contributed by atoms with E-state index in [1.165, 1.54) is 12.1 Å². The highest BCUT2D eigenvalue weighted by molar-refractivity contribution is 5.93. The van der Waals surface area contributed by atoms with Gasteiger partial charge in [-0.3, -0.25) is 9.89 Å². The van der Waals surface area contributed by atoms with Gasteiger partial charge in [-0.1, -0.05) is 0 Å². The number of aliphatic hydroxyl groups is 1. The summed E-state index contributed by atoms with van der Waals surface area (Å²) in [7, 11) is 0. The van der Waals surface area contributed by atoms with Crippen molar-refractivity contribution in [2.24, 2.45) is 0 Å². The Bertz CT molecular complexity index is 665. The van der Waals surface area contributed by atoms with Crippen molar-refractivity contribution in [1.82, 2.24) is 15.1 Å². The molecule has 0 unspecified atom stereocenters. The van der Waals surface area contributed by atoms with Crippen LogP contribution >= 0.6 is 0 Å². The molecule has 6 heteroatoms. The van der Waals surface area contributed by atoms with Crippen LogP contribution in [0.3, 0.4) is 0 Å². The smallest absolute Gasteiger partial charge is 0.272 e. The number of halogens is 1. The number of hydrogen-bond acceptors (Lipinski definition) is 3. The Morgan fingerprint density at radius 3 is 2.70 bits per heavy atom. The molecular weight excluding hydrogens is 297 g/mol. The molecule has 1 aliphatic rings. The van der Waals surface area contributed by atoms with Gasteiger partial charge in [-0.2, -0.15) is 5.10 Å². The maximum Gasteiger partial charge on any atom is 0.272 e. The first-order valence-electron chi connectivity index (χ1n) is 7.92. The van der Waals surface area contributed by atoms with Crippen LogP contribution in [0, 0.1) is 5.82 Å². The minimum Gasteiger partial charge on any atom is -0.396 e. The molecule has 3 rings (SSSR count). The van der Waals surface area contributed by atoms with E-state index in [1.807, 2.05) is 4.90 Å². The third-order valence-corrected chi connectivity index (χ3v) is 4.00. The van der Waals surface area contributed by atoms with Crippen molar-refractivity contribution in [1.29, 1.82) is 0 Å². The summed E-state index contributed by atoms with van der Waals surface area (Å²) >= 11 is 0. The van der Waals surface area contributed by atoms with E-state index < -0.39 is 0 Å². The molecule has 0 atom stereocenters. The predicted molar refractivity (Wildman–Crippen MR) is 84.4 cm³/mol. The van der Waals surface area contributed by atoms with Crippen LogP contribution in [-0.2, 0) is 0 Å². The second-order valence-corrected chi connectivity index (χ2v) is 5.83. The third-order valence-electron chi connectivity index (χ3n) is 4.00. The molecule has 0 saturated heterocycles. The first-order valence-corrected chi connectivity index (χ1v) is 7.92. The number of benzene rings is 1. The first-order chi connectivity index (χ1) is 11.2.